The average molecular weight is 409 g/mol. The first kappa shape index (κ1) is 20.3. The number of likely N-dealkylation sites (tertiary alicyclic amines) is 1. The Kier molecular flexibility index (Phi) is 5.99. The van der Waals surface area contributed by atoms with Crippen molar-refractivity contribution in [2.45, 2.75) is 37.2 Å². The Morgan fingerprint density at radius 1 is 1.17 bits per heavy atom. The molecule has 2 aliphatic rings. The van der Waals surface area contributed by atoms with Crippen LogP contribution in [0.4, 0.5) is 0 Å². The van der Waals surface area contributed by atoms with E-state index < -0.39 is 11.3 Å². The molecule has 1 aromatic heterocycles. The number of amides is 2. The summed E-state index contributed by atoms with van der Waals surface area (Å²) in [5.74, 6) is 0.102. The topological polar surface area (TPSA) is 94.8 Å². The average Bonchev–Trinajstić information content (AvgIpc) is 2.80. The summed E-state index contributed by atoms with van der Waals surface area (Å²) in [6.07, 6.45) is 4.45. The fourth-order valence-corrected chi connectivity index (χ4v) is 4.44. The van der Waals surface area contributed by atoms with Crippen molar-refractivity contribution in [2.75, 3.05) is 26.3 Å². The van der Waals surface area contributed by atoms with Gasteiger partial charge in [0.05, 0.1) is 12.0 Å². The standard InChI is InChI=1S/C23H27N3O4/c24-21(27)20-15-18(8-11-25-20)30-19-7-4-12-26(16-19)22(28)23(9-13-29-14-10-23)17-5-2-1-3-6-17/h1-3,5-6,8,11,15,19H,4,7,9-10,12-14,16H2,(H2,24,27). The van der Waals surface area contributed by atoms with Crippen molar-refractivity contribution in [3.8, 4) is 5.75 Å². The van der Waals surface area contributed by atoms with E-state index in [0.717, 1.165) is 24.9 Å². The van der Waals surface area contributed by atoms with Gasteiger partial charge < -0.3 is 20.1 Å². The Morgan fingerprint density at radius 3 is 2.67 bits per heavy atom. The SMILES string of the molecule is NC(=O)c1cc(OC2CCCN(C(=O)C3(c4ccccc4)CCOCC3)C2)ccn1. The van der Waals surface area contributed by atoms with Crippen molar-refractivity contribution in [1.82, 2.24) is 9.88 Å². The molecule has 158 valence electrons. The number of hydrogen-bond acceptors (Lipinski definition) is 5. The fourth-order valence-electron chi connectivity index (χ4n) is 4.44. The highest BCUT2D eigenvalue weighted by Crippen LogP contribution is 2.37. The van der Waals surface area contributed by atoms with Gasteiger partial charge in [0.2, 0.25) is 5.91 Å². The third-order valence-electron chi connectivity index (χ3n) is 6.03. The lowest BCUT2D eigenvalue weighted by Gasteiger charge is -2.42. The lowest BCUT2D eigenvalue weighted by molar-refractivity contribution is -0.144. The molecule has 30 heavy (non-hydrogen) atoms. The first-order valence-electron chi connectivity index (χ1n) is 10.4. The molecule has 0 radical (unpaired) electrons. The summed E-state index contributed by atoms with van der Waals surface area (Å²) in [6, 6.07) is 13.3. The maximum atomic E-state index is 13.8. The van der Waals surface area contributed by atoms with Crippen LogP contribution in [-0.2, 0) is 14.9 Å². The Bertz CT molecular complexity index is 896. The van der Waals surface area contributed by atoms with Crippen molar-refractivity contribution in [3.05, 3.63) is 59.9 Å². The van der Waals surface area contributed by atoms with Crippen LogP contribution < -0.4 is 10.5 Å². The number of nitrogens with two attached hydrogens (primary N) is 1. The van der Waals surface area contributed by atoms with Crippen molar-refractivity contribution < 1.29 is 19.1 Å². The van der Waals surface area contributed by atoms with E-state index in [2.05, 4.69) is 4.98 Å². The predicted octanol–water partition coefficient (Wildman–Crippen LogP) is 2.30. The van der Waals surface area contributed by atoms with Crippen LogP contribution in [0.3, 0.4) is 0 Å². The number of aromatic nitrogens is 1. The molecule has 2 amide bonds. The van der Waals surface area contributed by atoms with E-state index in [9.17, 15) is 9.59 Å². The van der Waals surface area contributed by atoms with Gasteiger partial charge in [-0.25, -0.2) is 0 Å². The minimum absolute atomic E-state index is 0.140. The Balaban J connectivity index is 1.51. The summed E-state index contributed by atoms with van der Waals surface area (Å²) in [5, 5.41) is 0. The summed E-state index contributed by atoms with van der Waals surface area (Å²) in [4.78, 5) is 31.0. The summed E-state index contributed by atoms with van der Waals surface area (Å²) in [7, 11) is 0. The van der Waals surface area contributed by atoms with Gasteiger partial charge in [-0.3, -0.25) is 14.6 Å². The summed E-state index contributed by atoms with van der Waals surface area (Å²) in [5.41, 5.74) is 5.99. The number of piperidine rings is 1. The van der Waals surface area contributed by atoms with Gasteiger partial charge >= 0.3 is 0 Å². The highest BCUT2D eigenvalue weighted by Gasteiger charge is 2.45. The number of carbonyl (C=O) groups is 2. The van der Waals surface area contributed by atoms with Gasteiger partial charge in [-0.2, -0.15) is 0 Å². The molecule has 2 fully saturated rings. The van der Waals surface area contributed by atoms with Gasteiger partial charge in [0.25, 0.3) is 5.91 Å². The minimum Gasteiger partial charge on any atom is -0.488 e. The first-order valence-corrected chi connectivity index (χ1v) is 10.4. The van der Waals surface area contributed by atoms with Crippen LogP contribution in [0.1, 0.15) is 41.7 Å². The zero-order valence-corrected chi connectivity index (χ0v) is 17.0. The molecule has 2 saturated heterocycles. The molecule has 3 heterocycles. The molecule has 2 aliphatic heterocycles. The highest BCUT2D eigenvalue weighted by atomic mass is 16.5. The molecule has 0 spiro atoms. The third kappa shape index (κ3) is 4.16. The van der Waals surface area contributed by atoms with E-state index in [0.29, 0.717) is 38.3 Å². The van der Waals surface area contributed by atoms with Gasteiger partial charge in [-0.1, -0.05) is 30.3 Å². The number of ether oxygens (including phenoxy) is 2. The van der Waals surface area contributed by atoms with Crippen molar-refractivity contribution in [2.24, 2.45) is 5.73 Å². The van der Waals surface area contributed by atoms with E-state index in [1.165, 1.54) is 6.20 Å². The molecule has 0 saturated carbocycles. The van der Waals surface area contributed by atoms with E-state index in [1.807, 2.05) is 35.2 Å². The molecule has 2 aromatic rings. The normalized spacial score (nSPS) is 21.1. The minimum atomic E-state index is -0.592. The Labute approximate surface area is 176 Å². The number of carbonyl (C=O) groups excluding carboxylic acids is 2. The quantitative estimate of drug-likeness (QED) is 0.818. The number of pyridine rings is 1. The molecule has 0 bridgehead atoms. The van der Waals surface area contributed by atoms with Crippen LogP contribution in [0, 0.1) is 0 Å². The van der Waals surface area contributed by atoms with Crippen molar-refractivity contribution >= 4 is 11.8 Å². The Hall–Kier alpha value is -2.93. The largest absolute Gasteiger partial charge is 0.488 e. The van der Waals surface area contributed by atoms with Crippen LogP contribution in [0.5, 0.6) is 5.75 Å². The number of nitrogens with zero attached hydrogens (tertiary/aromatic N) is 2. The van der Waals surface area contributed by atoms with E-state index in [-0.39, 0.29) is 17.7 Å². The number of hydrogen-bond donors (Lipinski definition) is 1. The summed E-state index contributed by atoms with van der Waals surface area (Å²) < 4.78 is 11.7. The van der Waals surface area contributed by atoms with E-state index >= 15 is 0 Å². The molecule has 7 heteroatoms. The molecule has 4 rings (SSSR count). The number of benzene rings is 1. The molecular formula is C23H27N3O4. The molecule has 1 aromatic carbocycles. The molecule has 0 aliphatic carbocycles. The van der Waals surface area contributed by atoms with Crippen molar-refractivity contribution in [1.29, 1.82) is 0 Å². The van der Waals surface area contributed by atoms with Gasteiger partial charge in [-0.15, -0.1) is 0 Å². The maximum Gasteiger partial charge on any atom is 0.267 e. The molecule has 7 nitrogen and oxygen atoms in total. The van der Waals surface area contributed by atoms with Gasteiger partial charge in [-0.05, 0) is 37.3 Å². The second-order valence-corrected chi connectivity index (χ2v) is 7.93. The predicted molar refractivity (Wildman–Crippen MR) is 111 cm³/mol. The zero-order chi connectivity index (χ0) is 21.0. The maximum absolute atomic E-state index is 13.8. The van der Waals surface area contributed by atoms with Crippen LogP contribution in [0.25, 0.3) is 0 Å². The molecule has 1 atom stereocenters. The van der Waals surface area contributed by atoms with E-state index in [1.54, 1.807) is 12.1 Å². The van der Waals surface area contributed by atoms with Crippen LogP contribution >= 0.6 is 0 Å². The van der Waals surface area contributed by atoms with Crippen LogP contribution in [0.2, 0.25) is 0 Å². The zero-order valence-electron chi connectivity index (χ0n) is 17.0. The highest BCUT2D eigenvalue weighted by molar-refractivity contribution is 5.91. The van der Waals surface area contributed by atoms with E-state index in [4.69, 9.17) is 15.2 Å². The van der Waals surface area contributed by atoms with Crippen LogP contribution in [-0.4, -0.2) is 54.1 Å². The second kappa shape index (κ2) is 8.83. The fraction of sp³-hybridized carbons (Fsp3) is 0.435. The third-order valence-corrected chi connectivity index (χ3v) is 6.03. The smallest absolute Gasteiger partial charge is 0.267 e. The molecular weight excluding hydrogens is 382 g/mol. The first-order chi connectivity index (χ1) is 14.6. The van der Waals surface area contributed by atoms with Gasteiger partial charge in [0.1, 0.15) is 17.5 Å². The van der Waals surface area contributed by atoms with Gasteiger partial charge in [0.15, 0.2) is 0 Å². The monoisotopic (exact) mass is 409 g/mol. The Morgan fingerprint density at radius 2 is 1.93 bits per heavy atom. The number of primary amides is 1. The van der Waals surface area contributed by atoms with Crippen LogP contribution in [0.15, 0.2) is 48.7 Å². The van der Waals surface area contributed by atoms with Crippen molar-refractivity contribution in [3.63, 3.8) is 0 Å². The second-order valence-electron chi connectivity index (χ2n) is 7.93. The number of rotatable bonds is 5. The lowest BCUT2D eigenvalue weighted by atomic mass is 9.72. The lowest BCUT2D eigenvalue weighted by Crippen LogP contribution is -2.54. The molecule has 2 N–H and O–H groups in total. The summed E-state index contributed by atoms with van der Waals surface area (Å²) in [6.45, 7) is 2.40. The molecule has 1 unspecified atom stereocenters. The van der Waals surface area contributed by atoms with Gasteiger partial charge in [0, 0.05) is 32.0 Å². The summed E-state index contributed by atoms with van der Waals surface area (Å²) >= 11 is 0.